The molecule has 4 heteroatoms. The zero-order valence-corrected chi connectivity index (χ0v) is 8.87. The molecule has 1 aliphatic carbocycles. The van der Waals surface area contributed by atoms with Crippen molar-refractivity contribution in [3.63, 3.8) is 0 Å². The first kappa shape index (κ1) is 9.54. The van der Waals surface area contributed by atoms with E-state index < -0.39 is 0 Å². The summed E-state index contributed by atoms with van der Waals surface area (Å²) in [5.74, 6) is 0.817. The molecule has 0 fully saturated rings. The first-order valence-electron chi connectivity index (χ1n) is 5.51. The number of rotatable bonds is 1. The Morgan fingerprint density at radius 2 is 2.31 bits per heavy atom. The molecule has 1 unspecified atom stereocenters. The maximum absolute atomic E-state index is 9.87. The molecule has 0 spiro atoms. The second-order valence-electron chi connectivity index (χ2n) is 4.06. The SMILES string of the molecule is OC1CCCc2c1ccn2-c1cnccn1. The molecule has 0 saturated carbocycles. The molecule has 3 rings (SSSR count). The van der Waals surface area contributed by atoms with Gasteiger partial charge < -0.3 is 9.67 Å². The van der Waals surface area contributed by atoms with Crippen molar-refractivity contribution in [3.8, 4) is 5.82 Å². The molecule has 0 radical (unpaired) electrons. The predicted octanol–water partition coefficient (Wildman–Crippen LogP) is 1.64. The Morgan fingerprint density at radius 3 is 3.12 bits per heavy atom. The molecule has 1 atom stereocenters. The van der Waals surface area contributed by atoms with E-state index in [1.165, 1.54) is 5.69 Å². The lowest BCUT2D eigenvalue weighted by molar-refractivity contribution is 0.156. The van der Waals surface area contributed by atoms with Gasteiger partial charge in [-0.2, -0.15) is 0 Å². The van der Waals surface area contributed by atoms with Crippen molar-refractivity contribution < 1.29 is 5.11 Å². The Morgan fingerprint density at radius 1 is 1.38 bits per heavy atom. The van der Waals surface area contributed by atoms with Crippen LogP contribution < -0.4 is 0 Å². The van der Waals surface area contributed by atoms with Crippen LogP contribution in [0.25, 0.3) is 5.82 Å². The van der Waals surface area contributed by atoms with Crippen molar-refractivity contribution in [1.82, 2.24) is 14.5 Å². The lowest BCUT2D eigenvalue weighted by Crippen LogP contribution is -2.11. The van der Waals surface area contributed by atoms with E-state index in [0.29, 0.717) is 0 Å². The van der Waals surface area contributed by atoms with E-state index in [1.807, 2.05) is 16.8 Å². The van der Waals surface area contributed by atoms with Crippen LogP contribution in [0.15, 0.2) is 30.9 Å². The average molecular weight is 215 g/mol. The van der Waals surface area contributed by atoms with E-state index >= 15 is 0 Å². The molecule has 2 aromatic heterocycles. The second kappa shape index (κ2) is 3.72. The van der Waals surface area contributed by atoms with Gasteiger partial charge in [0.15, 0.2) is 5.82 Å². The fourth-order valence-corrected chi connectivity index (χ4v) is 2.30. The van der Waals surface area contributed by atoms with Gasteiger partial charge in [0, 0.05) is 29.8 Å². The fraction of sp³-hybridized carbons (Fsp3) is 0.333. The molecule has 0 aromatic carbocycles. The van der Waals surface area contributed by atoms with Crippen molar-refractivity contribution >= 4 is 0 Å². The lowest BCUT2D eigenvalue weighted by Gasteiger charge is -2.19. The van der Waals surface area contributed by atoms with Gasteiger partial charge >= 0.3 is 0 Å². The molecule has 2 aromatic rings. The van der Waals surface area contributed by atoms with E-state index in [0.717, 1.165) is 30.6 Å². The van der Waals surface area contributed by atoms with E-state index in [9.17, 15) is 5.11 Å². The van der Waals surface area contributed by atoms with E-state index in [1.54, 1.807) is 18.6 Å². The molecule has 0 amide bonds. The summed E-state index contributed by atoms with van der Waals surface area (Å²) in [4.78, 5) is 8.34. The molecule has 0 bridgehead atoms. The van der Waals surface area contributed by atoms with Gasteiger partial charge in [-0.1, -0.05) is 0 Å². The Hall–Kier alpha value is -1.68. The average Bonchev–Trinajstić information content (AvgIpc) is 2.75. The number of aliphatic hydroxyl groups is 1. The highest BCUT2D eigenvalue weighted by Crippen LogP contribution is 2.31. The normalized spacial score (nSPS) is 19.4. The molecule has 2 heterocycles. The summed E-state index contributed by atoms with van der Waals surface area (Å²) in [5.41, 5.74) is 2.20. The van der Waals surface area contributed by atoms with Crippen LogP contribution in [0.1, 0.15) is 30.2 Å². The van der Waals surface area contributed by atoms with Crippen LogP contribution >= 0.6 is 0 Å². The number of nitrogens with zero attached hydrogens (tertiary/aromatic N) is 3. The molecule has 1 aliphatic rings. The predicted molar refractivity (Wildman–Crippen MR) is 59.3 cm³/mol. The second-order valence-corrected chi connectivity index (χ2v) is 4.06. The highest BCUT2D eigenvalue weighted by molar-refractivity contribution is 5.34. The quantitative estimate of drug-likeness (QED) is 0.786. The standard InChI is InChI=1S/C12H13N3O/c16-11-3-1-2-10-9(11)4-7-15(10)12-8-13-5-6-14-12/h4-8,11,16H,1-3H2. The zero-order valence-electron chi connectivity index (χ0n) is 8.87. The van der Waals surface area contributed by atoms with Gasteiger partial charge in [0.05, 0.1) is 12.3 Å². The van der Waals surface area contributed by atoms with Crippen molar-refractivity contribution in [1.29, 1.82) is 0 Å². The third kappa shape index (κ3) is 1.42. The lowest BCUT2D eigenvalue weighted by atomic mass is 9.95. The number of hydrogen-bond donors (Lipinski definition) is 1. The first-order chi connectivity index (χ1) is 7.86. The summed E-state index contributed by atoms with van der Waals surface area (Å²) in [6, 6.07) is 1.98. The summed E-state index contributed by atoms with van der Waals surface area (Å²) in [6.07, 6.45) is 9.60. The van der Waals surface area contributed by atoms with Gasteiger partial charge in [0.25, 0.3) is 0 Å². The van der Waals surface area contributed by atoms with Gasteiger partial charge in [0.1, 0.15) is 0 Å². The highest BCUT2D eigenvalue weighted by Gasteiger charge is 2.21. The monoisotopic (exact) mass is 215 g/mol. The van der Waals surface area contributed by atoms with Crippen LogP contribution in [-0.2, 0) is 6.42 Å². The summed E-state index contributed by atoms with van der Waals surface area (Å²) in [5, 5.41) is 9.87. The first-order valence-corrected chi connectivity index (χ1v) is 5.51. The molecule has 1 N–H and O–H groups in total. The minimum atomic E-state index is -0.318. The zero-order chi connectivity index (χ0) is 11.0. The van der Waals surface area contributed by atoms with Crippen LogP contribution in [0.4, 0.5) is 0 Å². The maximum Gasteiger partial charge on any atom is 0.155 e. The van der Waals surface area contributed by atoms with E-state index in [4.69, 9.17) is 0 Å². The minimum absolute atomic E-state index is 0.318. The summed E-state index contributed by atoms with van der Waals surface area (Å²) in [7, 11) is 0. The molecule has 16 heavy (non-hydrogen) atoms. The van der Waals surface area contributed by atoms with Crippen LogP contribution in [0.2, 0.25) is 0 Å². The highest BCUT2D eigenvalue weighted by atomic mass is 16.3. The molecule has 4 nitrogen and oxygen atoms in total. The van der Waals surface area contributed by atoms with Crippen molar-refractivity contribution in [3.05, 3.63) is 42.1 Å². The molecule has 82 valence electrons. The van der Waals surface area contributed by atoms with Crippen LogP contribution in [-0.4, -0.2) is 19.6 Å². The van der Waals surface area contributed by atoms with Crippen LogP contribution in [0.3, 0.4) is 0 Å². The summed E-state index contributed by atoms with van der Waals surface area (Å²) < 4.78 is 2.02. The van der Waals surface area contributed by atoms with Gasteiger partial charge in [-0.05, 0) is 25.3 Å². The maximum atomic E-state index is 9.87. The van der Waals surface area contributed by atoms with E-state index in [2.05, 4.69) is 9.97 Å². The minimum Gasteiger partial charge on any atom is -0.388 e. The smallest absolute Gasteiger partial charge is 0.155 e. The fourth-order valence-electron chi connectivity index (χ4n) is 2.30. The van der Waals surface area contributed by atoms with Crippen LogP contribution in [0, 0.1) is 0 Å². The molecular weight excluding hydrogens is 202 g/mol. The summed E-state index contributed by atoms with van der Waals surface area (Å²) >= 11 is 0. The van der Waals surface area contributed by atoms with E-state index in [-0.39, 0.29) is 6.10 Å². The molecular formula is C12H13N3O. The van der Waals surface area contributed by atoms with Gasteiger partial charge in [-0.3, -0.25) is 4.98 Å². The number of fused-ring (bicyclic) bond motifs is 1. The molecule has 0 saturated heterocycles. The van der Waals surface area contributed by atoms with Gasteiger partial charge in [-0.25, -0.2) is 4.98 Å². The Kier molecular flexibility index (Phi) is 2.22. The third-order valence-corrected chi connectivity index (χ3v) is 3.07. The van der Waals surface area contributed by atoms with Crippen molar-refractivity contribution in [2.75, 3.05) is 0 Å². The molecule has 0 aliphatic heterocycles. The topological polar surface area (TPSA) is 50.9 Å². The van der Waals surface area contributed by atoms with Crippen LogP contribution in [0.5, 0.6) is 0 Å². The number of hydrogen-bond acceptors (Lipinski definition) is 3. The largest absolute Gasteiger partial charge is 0.388 e. The van der Waals surface area contributed by atoms with Gasteiger partial charge in [0.2, 0.25) is 0 Å². The third-order valence-electron chi connectivity index (χ3n) is 3.07. The Balaban J connectivity index is 2.10. The number of aliphatic hydroxyl groups excluding tert-OH is 1. The Labute approximate surface area is 93.6 Å². The van der Waals surface area contributed by atoms with Crippen molar-refractivity contribution in [2.24, 2.45) is 0 Å². The number of aromatic nitrogens is 3. The van der Waals surface area contributed by atoms with Crippen molar-refractivity contribution in [2.45, 2.75) is 25.4 Å². The Bertz CT molecular complexity index is 492. The summed E-state index contributed by atoms with van der Waals surface area (Å²) in [6.45, 7) is 0. The van der Waals surface area contributed by atoms with Gasteiger partial charge in [-0.15, -0.1) is 0 Å².